The zero-order chi connectivity index (χ0) is 14.2. The predicted molar refractivity (Wildman–Crippen MR) is 71.3 cm³/mol. The average Bonchev–Trinajstić information content (AvgIpc) is 2.64. The van der Waals surface area contributed by atoms with Crippen LogP contribution in [0.15, 0.2) is 9.31 Å². The van der Waals surface area contributed by atoms with Gasteiger partial charge in [0, 0.05) is 18.2 Å². The molecule has 19 heavy (non-hydrogen) atoms. The van der Waals surface area contributed by atoms with E-state index in [0.29, 0.717) is 23.6 Å². The topological polar surface area (TPSA) is 70.8 Å². The molecule has 1 aromatic heterocycles. The lowest BCUT2D eigenvalue weighted by atomic mass is 10.1. The van der Waals surface area contributed by atoms with Gasteiger partial charge in [-0.25, -0.2) is 8.42 Å². The molecule has 5 nitrogen and oxygen atoms in total. The standard InChI is InChI=1S/C13H21NO4S/c1-9-6-4-5-7-14(9)19(16,17)13-11(3)18-10(2)12(13)8-15/h9,15H,4-8H2,1-3H3. The summed E-state index contributed by atoms with van der Waals surface area (Å²) in [5.41, 5.74) is 0.385. The smallest absolute Gasteiger partial charge is 0.247 e. The third kappa shape index (κ3) is 2.44. The van der Waals surface area contributed by atoms with Crippen LogP contribution in [0.5, 0.6) is 0 Å². The van der Waals surface area contributed by atoms with Crippen molar-refractivity contribution in [2.45, 2.75) is 57.6 Å². The number of piperidine rings is 1. The van der Waals surface area contributed by atoms with Crippen LogP contribution in [-0.2, 0) is 16.6 Å². The quantitative estimate of drug-likeness (QED) is 0.922. The van der Waals surface area contributed by atoms with Crippen molar-refractivity contribution >= 4 is 10.0 Å². The Morgan fingerprint density at radius 2 is 2.00 bits per heavy atom. The van der Waals surface area contributed by atoms with Gasteiger partial charge in [0.1, 0.15) is 16.4 Å². The van der Waals surface area contributed by atoms with E-state index in [2.05, 4.69) is 0 Å². The molecular formula is C13H21NO4S. The van der Waals surface area contributed by atoms with E-state index in [1.165, 1.54) is 4.31 Å². The first-order valence-corrected chi connectivity index (χ1v) is 8.05. The Labute approximate surface area is 114 Å². The first kappa shape index (κ1) is 14.6. The van der Waals surface area contributed by atoms with E-state index in [1.807, 2.05) is 6.92 Å². The van der Waals surface area contributed by atoms with E-state index >= 15 is 0 Å². The van der Waals surface area contributed by atoms with Crippen LogP contribution < -0.4 is 0 Å². The molecule has 0 amide bonds. The Balaban J connectivity index is 2.50. The summed E-state index contributed by atoms with van der Waals surface area (Å²) < 4.78 is 32.5. The van der Waals surface area contributed by atoms with Gasteiger partial charge in [-0.1, -0.05) is 6.42 Å². The van der Waals surface area contributed by atoms with E-state index in [-0.39, 0.29) is 17.5 Å². The van der Waals surface area contributed by atoms with Crippen molar-refractivity contribution in [3.05, 3.63) is 17.1 Å². The van der Waals surface area contributed by atoms with E-state index in [9.17, 15) is 13.5 Å². The maximum atomic E-state index is 12.8. The van der Waals surface area contributed by atoms with Crippen molar-refractivity contribution in [1.82, 2.24) is 4.31 Å². The third-order valence-electron chi connectivity index (χ3n) is 3.79. The van der Waals surface area contributed by atoms with Gasteiger partial charge in [-0.3, -0.25) is 0 Å². The highest BCUT2D eigenvalue weighted by Crippen LogP contribution is 2.32. The van der Waals surface area contributed by atoms with Crippen LogP contribution in [0.3, 0.4) is 0 Å². The molecule has 1 atom stereocenters. The summed E-state index contributed by atoms with van der Waals surface area (Å²) in [5.74, 6) is 0.836. The Morgan fingerprint density at radius 1 is 1.32 bits per heavy atom. The molecule has 1 unspecified atom stereocenters. The molecule has 1 aliphatic heterocycles. The summed E-state index contributed by atoms with van der Waals surface area (Å²) in [6.45, 7) is 5.46. The molecule has 0 saturated carbocycles. The van der Waals surface area contributed by atoms with Gasteiger partial charge in [0.2, 0.25) is 10.0 Å². The molecule has 2 rings (SSSR count). The molecule has 0 bridgehead atoms. The Hall–Kier alpha value is -0.850. The van der Waals surface area contributed by atoms with Crippen molar-refractivity contribution in [2.75, 3.05) is 6.54 Å². The van der Waals surface area contributed by atoms with Crippen molar-refractivity contribution < 1.29 is 17.9 Å². The molecule has 2 heterocycles. The van der Waals surface area contributed by atoms with Gasteiger partial charge in [0.15, 0.2) is 0 Å². The van der Waals surface area contributed by atoms with Crippen molar-refractivity contribution in [3.8, 4) is 0 Å². The second-order valence-electron chi connectivity index (χ2n) is 5.14. The summed E-state index contributed by atoms with van der Waals surface area (Å²) in [5, 5.41) is 9.40. The normalized spacial score (nSPS) is 21.8. The number of rotatable bonds is 3. The Bertz CT molecular complexity index is 561. The molecule has 0 spiro atoms. The van der Waals surface area contributed by atoms with Gasteiger partial charge >= 0.3 is 0 Å². The summed E-state index contributed by atoms with van der Waals surface area (Å²) in [6.07, 6.45) is 2.82. The molecule has 0 radical (unpaired) electrons. The molecule has 6 heteroatoms. The predicted octanol–water partition coefficient (Wildman–Crippen LogP) is 1.95. The number of aliphatic hydroxyl groups is 1. The molecule has 0 aliphatic carbocycles. The highest BCUT2D eigenvalue weighted by molar-refractivity contribution is 7.89. The molecule has 1 N–H and O–H groups in total. The summed E-state index contributed by atoms with van der Waals surface area (Å²) in [4.78, 5) is 0.154. The largest absolute Gasteiger partial charge is 0.465 e. The molecule has 108 valence electrons. The third-order valence-corrected chi connectivity index (χ3v) is 6.00. The van der Waals surface area contributed by atoms with Crippen molar-refractivity contribution in [2.24, 2.45) is 0 Å². The number of sulfonamides is 1. The van der Waals surface area contributed by atoms with Gasteiger partial charge in [0.05, 0.1) is 6.61 Å². The number of aliphatic hydroxyl groups excluding tert-OH is 1. The second-order valence-corrected chi connectivity index (χ2v) is 6.97. The van der Waals surface area contributed by atoms with Crippen LogP contribution in [0.25, 0.3) is 0 Å². The van der Waals surface area contributed by atoms with Gasteiger partial charge < -0.3 is 9.52 Å². The first-order chi connectivity index (χ1) is 8.89. The molecule has 1 aliphatic rings. The van der Waals surface area contributed by atoms with Crippen LogP contribution in [0.1, 0.15) is 43.3 Å². The lowest BCUT2D eigenvalue weighted by molar-refractivity contribution is 0.264. The number of hydrogen-bond acceptors (Lipinski definition) is 4. The lowest BCUT2D eigenvalue weighted by Crippen LogP contribution is -2.42. The van der Waals surface area contributed by atoms with E-state index in [4.69, 9.17) is 4.42 Å². The van der Waals surface area contributed by atoms with Crippen LogP contribution in [0.2, 0.25) is 0 Å². The molecule has 1 aromatic rings. The van der Waals surface area contributed by atoms with Crippen LogP contribution in [0, 0.1) is 13.8 Å². The van der Waals surface area contributed by atoms with E-state index < -0.39 is 10.0 Å². The van der Waals surface area contributed by atoms with E-state index in [0.717, 1.165) is 19.3 Å². The SMILES string of the molecule is Cc1oc(C)c(S(=O)(=O)N2CCCCC2C)c1CO. The van der Waals surface area contributed by atoms with Gasteiger partial charge in [-0.05, 0) is 33.6 Å². The minimum Gasteiger partial charge on any atom is -0.465 e. The minimum absolute atomic E-state index is 0.0000935. The molecule has 1 fully saturated rings. The monoisotopic (exact) mass is 287 g/mol. The number of nitrogens with zero attached hydrogens (tertiary/aromatic N) is 1. The molecular weight excluding hydrogens is 266 g/mol. The van der Waals surface area contributed by atoms with Crippen LogP contribution >= 0.6 is 0 Å². The van der Waals surface area contributed by atoms with Crippen LogP contribution in [-0.4, -0.2) is 30.4 Å². The lowest BCUT2D eigenvalue weighted by Gasteiger charge is -2.32. The Morgan fingerprint density at radius 3 is 2.58 bits per heavy atom. The fourth-order valence-corrected chi connectivity index (χ4v) is 4.88. The van der Waals surface area contributed by atoms with Gasteiger partial charge in [0.25, 0.3) is 0 Å². The summed E-state index contributed by atoms with van der Waals surface area (Å²) in [7, 11) is -3.58. The molecule has 1 saturated heterocycles. The summed E-state index contributed by atoms with van der Waals surface area (Å²) in [6, 6.07) is -0.0000935. The van der Waals surface area contributed by atoms with Crippen molar-refractivity contribution in [3.63, 3.8) is 0 Å². The minimum atomic E-state index is -3.58. The van der Waals surface area contributed by atoms with Gasteiger partial charge in [-0.15, -0.1) is 0 Å². The fraction of sp³-hybridized carbons (Fsp3) is 0.692. The van der Waals surface area contributed by atoms with Gasteiger partial charge in [-0.2, -0.15) is 4.31 Å². The number of furan rings is 1. The highest BCUT2D eigenvalue weighted by atomic mass is 32.2. The van der Waals surface area contributed by atoms with E-state index in [1.54, 1.807) is 13.8 Å². The second kappa shape index (κ2) is 5.26. The first-order valence-electron chi connectivity index (χ1n) is 6.61. The zero-order valence-electron chi connectivity index (χ0n) is 11.6. The average molecular weight is 287 g/mol. The zero-order valence-corrected chi connectivity index (χ0v) is 12.5. The maximum Gasteiger partial charge on any atom is 0.247 e. The fourth-order valence-electron chi connectivity index (χ4n) is 2.78. The highest BCUT2D eigenvalue weighted by Gasteiger charge is 2.35. The maximum absolute atomic E-state index is 12.8. The molecule has 0 aromatic carbocycles. The van der Waals surface area contributed by atoms with Crippen molar-refractivity contribution in [1.29, 1.82) is 0 Å². The number of hydrogen-bond donors (Lipinski definition) is 1. The number of aryl methyl sites for hydroxylation is 2. The Kier molecular flexibility index (Phi) is 4.03. The summed E-state index contributed by atoms with van der Waals surface area (Å²) >= 11 is 0. The van der Waals surface area contributed by atoms with Crippen LogP contribution in [0.4, 0.5) is 0 Å².